The summed E-state index contributed by atoms with van der Waals surface area (Å²) in [6.07, 6.45) is 26.0. The molecular weight excluding hydrogens is 530 g/mol. The highest BCUT2D eigenvalue weighted by atomic mass is 16.5. The van der Waals surface area contributed by atoms with Gasteiger partial charge in [0.15, 0.2) is 0 Å². The number of benzene rings is 2. The molecule has 1 aliphatic carbocycles. The van der Waals surface area contributed by atoms with E-state index in [4.69, 9.17) is 9.47 Å². The van der Waals surface area contributed by atoms with Crippen molar-refractivity contribution in [3.63, 3.8) is 0 Å². The zero-order valence-corrected chi connectivity index (χ0v) is 27.2. The molecule has 2 aromatic carbocycles. The maximum absolute atomic E-state index is 12.8. The number of carbonyl (C=O) groups excluding carboxylic acids is 1. The summed E-state index contributed by atoms with van der Waals surface area (Å²) in [5.74, 6) is 2.34. The lowest BCUT2D eigenvalue weighted by molar-refractivity contribution is 0.0734. The smallest absolute Gasteiger partial charge is 0.343 e. The van der Waals surface area contributed by atoms with Crippen LogP contribution in [-0.2, 0) is 6.42 Å². The second kappa shape index (κ2) is 21.0. The van der Waals surface area contributed by atoms with Crippen LogP contribution in [0.25, 0.3) is 0 Å². The third-order valence-corrected chi connectivity index (χ3v) is 9.25. The molecular formula is C39H57NO3. The van der Waals surface area contributed by atoms with Gasteiger partial charge in [-0.2, -0.15) is 5.26 Å². The van der Waals surface area contributed by atoms with Crippen LogP contribution in [0.3, 0.4) is 0 Å². The van der Waals surface area contributed by atoms with Crippen LogP contribution in [0.15, 0.2) is 42.5 Å². The number of nitriles is 1. The van der Waals surface area contributed by atoms with Gasteiger partial charge in [-0.25, -0.2) is 4.79 Å². The van der Waals surface area contributed by atoms with E-state index in [2.05, 4.69) is 19.9 Å². The van der Waals surface area contributed by atoms with E-state index >= 15 is 0 Å². The Balaban J connectivity index is 1.36. The first-order valence-electron chi connectivity index (χ1n) is 17.6. The molecule has 0 atom stereocenters. The van der Waals surface area contributed by atoms with Gasteiger partial charge in [-0.15, -0.1) is 0 Å². The molecule has 1 aliphatic rings. The summed E-state index contributed by atoms with van der Waals surface area (Å²) in [4.78, 5) is 12.8. The number of carbonyl (C=O) groups is 1. The lowest BCUT2D eigenvalue weighted by atomic mass is 9.77. The zero-order chi connectivity index (χ0) is 30.5. The largest absolute Gasteiger partial charge is 0.494 e. The molecule has 0 amide bonds. The zero-order valence-electron chi connectivity index (χ0n) is 27.2. The van der Waals surface area contributed by atoms with E-state index in [0.29, 0.717) is 23.5 Å². The average Bonchev–Trinajstić information content (AvgIpc) is 3.04. The maximum Gasteiger partial charge on any atom is 0.343 e. The molecule has 0 heterocycles. The van der Waals surface area contributed by atoms with Crippen molar-refractivity contribution in [1.29, 1.82) is 5.26 Å². The van der Waals surface area contributed by atoms with Crippen LogP contribution in [0, 0.1) is 23.2 Å². The normalized spacial score (nSPS) is 16.5. The van der Waals surface area contributed by atoms with E-state index in [-0.39, 0.29) is 0 Å². The van der Waals surface area contributed by atoms with E-state index in [1.807, 2.05) is 24.3 Å². The highest BCUT2D eigenvalue weighted by molar-refractivity contribution is 5.91. The Kier molecular flexibility index (Phi) is 16.9. The first kappa shape index (κ1) is 34.7. The molecule has 236 valence electrons. The second-order valence-corrected chi connectivity index (χ2v) is 12.8. The van der Waals surface area contributed by atoms with Crippen molar-refractivity contribution in [2.45, 2.75) is 142 Å². The predicted octanol–water partition coefficient (Wildman–Crippen LogP) is 11.4. The number of unbranched alkanes of at least 4 members (excludes halogenated alkanes) is 11. The van der Waals surface area contributed by atoms with Crippen LogP contribution < -0.4 is 9.47 Å². The SMILES string of the molecule is CCCCCCCCCCOc1ccc(C(=O)Oc2ccc(CCC3CCC(CCCCCCC)CC3)cc2C#N)cc1. The van der Waals surface area contributed by atoms with Crippen LogP contribution >= 0.6 is 0 Å². The fraction of sp³-hybridized carbons (Fsp3) is 0.641. The molecule has 1 fully saturated rings. The molecule has 2 aromatic rings. The van der Waals surface area contributed by atoms with Crippen molar-refractivity contribution in [2.24, 2.45) is 11.8 Å². The van der Waals surface area contributed by atoms with Gasteiger partial charge in [0.1, 0.15) is 17.6 Å². The number of rotatable bonds is 21. The third kappa shape index (κ3) is 13.6. The molecule has 0 saturated heterocycles. The monoisotopic (exact) mass is 587 g/mol. The fourth-order valence-electron chi connectivity index (χ4n) is 6.40. The molecule has 0 radical (unpaired) electrons. The van der Waals surface area contributed by atoms with Gasteiger partial charge in [-0.1, -0.05) is 129 Å². The molecule has 43 heavy (non-hydrogen) atoms. The summed E-state index contributed by atoms with van der Waals surface area (Å²) >= 11 is 0. The Hall–Kier alpha value is -2.80. The summed E-state index contributed by atoms with van der Waals surface area (Å²) < 4.78 is 11.5. The van der Waals surface area contributed by atoms with E-state index < -0.39 is 5.97 Å². The fourth-order valence-corrected chi connectivity index (χ4v) is 6.40. The van der Waals surface area contributed by atoms with Gasteiger partial charge < -0.3 is 9.47 Å². The van der Waals surface area contributed by atoms with Crippen LogP contribution in [0.2, 0.25) is 0 Å². The standard InChI is InChI=1S/C39H57NO3/c1-3-5-7-9-10-11-13-15-29-42-37-26-24-35(25-27-37)39(41)43-38-28-23-34(30-36(38)31-40)22-21-33-19-17-32(18-20-33)16-14-12-8-6-4-2/h23-28,30,32-33H,3-22,29H2,1-2H3. The Labute approximate surface area is 262 Å². The van der Waals surface area contributed by atoms with Crippen LogP contribution in [0.4, 0.5) is 0 Å². The molecule has 0 aromatic heterocycles. The second-order valence-electron chi connectivity index (χ2n) is 12.8. The summed E-state index contributed by atoms with van der Waals surface area (Å²) in [7, 11) is 0. The molecule has 0 unspecified atom stereocenters. The minimum absolute atomic E-state index is 0.325. The van der Waals surface area contributed by atoms with Crippen LogP contribution in [0.1, 0.15) is 157 Å². The van der Waals surface area contributed by atoms with E-state index in [1.165, 1.54) is 116 Å². The summed E-state index contributed by atoms with van der Waals surface area (Å²) in [5, 5.41) is 9.75. The van der Waals surface area contributed by atoms with Crippen molar-refractivity contribution in [3.8, 4) is 17.6 Å². The summed E-state index contributed by atoms with van der Waals surface area (Å²) in [6.45, 7) is 5.22. The van der Waals surface area contributed by atoms with Gasteiger partial charge in [-0.3, -0.25) is 0 Å². The molecule has 4 heteroatoms. The first-order chi connectivity index (χ1) is 21.1. The Morgan fingerprint density at radius 2 is 1.33 bits per heavy atom. The predicted molar refractivity (Wildman–Crippen MR) is 178 cm³/mol. The molecule has 0 N–H and O–H groups in total. The quantitative estimate of drug-likeness (QED) is 0.0828. The molecule has 1 saturated carbocycles. The number of hydrogen-bond acceptors (Lipinski definition) is 4. The third-order valence-electron chi connectivity index (χ3n) is 9.25. The number of esters is 1. The van der Waals surface area contributed by atoms with Gasteiger partial charge in [0.2, 0.25) is 0 Å². The van der Waals surface area contributed by atoms with Gasteiger partial charge in [0, 0.05) is 0 Å². The summed E-state index contributed by atoms with van der Waals surface area (Å²) in [5.41, 5.74) is 2.01. The number of aryl methyl sites for hydroxylation is 1. The Bertz CT molecular complexity index is 1080. The van der Waals surface area contributed by atoms with Crippen LogP contribution in [-0.4, -0.2) is 12.6 Å². The minimum atomic E-state index is -0.457. The van der Waals surface area contributed by atoms with Crippen molar-refractivity contribution < 1.29 is 14.3 Å². The van der Waals surface area contributed by atoms with Crippen LogP contribution in [0.5, 0.6) is 11.5 Å². The first-order valence-corrected chi connectivity index (χ1v) is 17.6. The van der Waals surface area contributed by atoms with E-state index in [0.717, 1.165) is 36.0 Å². The van der Waals surface area contributed by atoms with Crippen molar-refractivity contribution >= 4 is 5.97 Å². The average molecular weight is 588 g/mol. The lowest BCUT2D eigenvalue weighted by Crippen LogP contribution is -2.15. The molecule has 0 bridgehead atoms. The minimum Gasteiger partial charge on any atom is -0.494 e. The number of nitrogens with zero attached hydrogens (tertiary/aromatic N) is 1. The lowest BCUT2D eigenvalue weighted by Gasteiger charge is -2.28. The van der Waals surface area contributed by atoms with E-state index in [1.54, 1.807) is 18.2 Å². The number of hydrogen-bond donors (Lipinski definition) is 0. The molecule has 3 rings (SSSR count). The highest BCUT2D eigenvalue weighted by Crippen LogP contribution is 2.34. The molecule has 0 spiro atoms. The van der Waals surface area contributed by atoms with Gasteiger partial charge in [0.05, 0.1) is 17.7 Å². The maximum atomic E-state index is 12.8. The van der Waals surface area contributed by atoms with Gasteiger partial charge >= 0.3 is 5.97 Å². The molecule has 4 nitrogen and oxygen atoms in total. The summed E-state index contributed by atoms with van der Waals surface area (Å²) in [6, 6.07) is 15.0. The Morgan fingerprint density at radius 1 is 0.744 bits per heavy atom. The topological polar surface area (TPSA) is 59.3 Å². The van der Waals surface area contributed by atoms with Gasteiger partial charge in [-0.05, 0) is 73.1 Å². The van der Waals surface area contributed by atoms with Gasteiger partial charge in [0.25, 0.3) is 0 Å². The van der Waals surface area contributed by atoms with E-state index in [9.17, 15) is 10.1 Å². The van der Waals surface area contributed by atoms with Crippen molar-refractivity contribution in [3.05, 3.63) is 59.2 Å². The molecule has 0 aliphatic heterocycles. The number of ether oxygens (including phenoxy) is 2. The van der Waals surface area contributed by atoms with Crippen molar-refractivity contribution in [2.75, 3.05) is 6.61 Å². The Morgan fingerprint density at radius 3 is 1.95 bits per heavy atom. The highest BCUT2D eigenvalue weighted by Gasteiger charge is 2.21. The van der Waals surface area contributed by atoms with Crippen molar-refractivity contribution in [1.82, 2.24) is 0 Å².